The molecule has 0 radical (unpaired) electrons. The summed E-state index contributed by atoms with van der Waals surface area (Å²) in [5.74, 6) is -1.12. The standard InChI is InChI=1S/C16H13Cl2NO4/c1-2-23-14-12(17)7-10(8-13(14)18)15(20)19-11-5-3-9(4-6-11)16(21)22/h3-8H,2H2,1H3,(H,19,20)(H,21,22). The quantitative estimate of drug-likeness (QED) is 0.837. The average molecular weight is 354 g/mol. The zero-order valence-corrected chi connectivity index (χ0v) is 13.6. The van der Waals surface area contributed by atoms with Crippen molar-refractivity contribution >= 4 is 40.8 Å². The summed E-state index contributed by atoms with van der Waals surface area (Å²) in [6.07, 6.45) is 0. The minimum Gasteiger partial charge on any atom is -0.491 e. The van der Waals surface area contributed by atoms with Crippen molar-refractivity contribution in [2.75, 3.05) is 11.9 Å². The SMILES string of the molecule is CCOc1c(Cl)cc(C(=O)Nc2ccc(C(=O)O)cc2)cc1Cl. The Morgan fingerprint density at radius 2 is 1.65 bits per heavy atom. The van der Waals surface area contributed by atoms with E-state index in [1.54, 1.807) is 6.92 Å². The minimum atomic E-state index is -1.03. The van der Waals surface area contributed by atoms with Crippen molar-refractivity contribution in [3.8, 4) is 5.75 Å². The largest absolute Gasteiger partial charge is 0.491 e. The third kappa shape index (κ3) is 4.15. The van der Waals surface area contributed by atoms with Crippen LogP contribution >= 0.6 is 23.2 Å². The minimum absolute atomic E-state index is 0.134. The Labute approximate surface area is 142 Å². The maximum absolute atomic E-state index is 12.2. The summed E-state index contributed by atoms with van der Waals surface area (Å²) in [4.78, 5) is 23.0. The second-order valence-corrected chi connectivity index (χ2v) is 5.35. The fourth-order valence-corrected chi connectivity index (χ4v) is 2.47. The number of amides is 1. The lowest BCUT2D eigenvalue weighted by Crippen LogP contribution is -2.12. The number of carboxylic acids is 1. The Morgan fingerprint density at radius 3 is 2.13 bits per heavy atom. The summed E-state index contributed by atoms with van der Waals surface area (Å²) in [5.41, 5.74) is 0.863. The Bertz CT molecular complexity index is 721. The van der Waals surface area contributed by atoms with Crippen LogP contribution in [0.1, 0.15) is 27.6 Å². The maximum Gasteiger partial charge on any atom is 0.335 e. The summed E-state index contributed by atoms with van der Waals surface area (Å²) in [7, 11) is 0. The number of nitrogens with one attached hydrogen (secondary N) is 1. The lowest BCUT2D eigenvalue weighted by molar-refractivity contribution is 0.0696. The van der Waals surface area contributed by atoms with E-state index in [0.717, 1.165) is 0 Å². The predicted molar refractivity (Wildman–Crippen MR) is 89.0 cm³/mol. The summed E-state index contributed by atoms with van der Waals surface area (Å²) in [6, 6.07) is 8.71. The fourth-order valence-electron chi connectivity index (χ4n) is 1.87. The van der Waals surface area contributed by atoms with Gasteiger partial charge in [0.1, 0.15) is 0 Å². The van der Waals surface area contributed by atoms with Crippen LogP contribution in [0.15, 0.2) is 36.4 Å². The van der Waals surface area contributed by atoms with Crippen LogP contribution in [-0.4, -0.2) is 23.6 Å². The molecular weight excluding hydrogens is 341 g/mol. The van der Waals surface area contributed by atoms with Gasteiger partial charge in [0.05, 0.1) is 22.2 Å². The first-order valence-electron chi connectivity index (χ1n) is 6.69. The van der Waals surface area contributed by atoms with Crippen molar-refractivity contribution in [3.63, 3.8) is 0 Å². The van der Waals surface area contributed by atoms with Crippen LogP contribution in [0.3, 0.4) is 0 Å². The van der Waals surface area contributed by atoms with Crippen LogP contribution < -0.4 is 10.1 Å². The first-order valence-corrected chi connectivity index (χ1v) is 7.44. The molecule has 7 heteroatoms. The molecule has 0 heterocycles. The molecule has 2 N–H and O–H groups in total. The van der Waals surface area contributed by atoms with E-state index in [-0.39, 0.29) is 21.2 Å². The maximum atomic E-state index is 12.2. The third-order valence-electron chi connectivity index (χ3n) is 2.94. The van der Waals surface area contributed by atoms with E-state index in [1.807, 2.05) is 0 Å². The number of ether oxygens (including phenoxy) is 1. The number of benzene rings is 2. The van der Waals surface area contributed by atoms with E-state index in [2.05, 4.69) is 5.32 Å². The normalized spacial score (nSPS) is 10.2. The smallest absolute Gasteiger partial charge is 0.335 e. The van der Waals surface area contributed by atoms with E-state index >= 15 is 0 Å². The van der Waals surface area contributed by atoms with Gasteiger partial charge in [0.25, 0.3) is 5.91 Å². The molecule has 2 aromatic rings. The molecular formula is C16H13Cl2NO4. The van der Waals surface area contributed by atoms with Gasteiger partial charge in [-0.3, -0.25) is 4.79 Å². The van der Waals surface area contributed by atoms with Crippen LogP contribution in [-0.2, 0) is 0 Å². The van der Waals surface area contributed by atoms with Gasteiger partial charge in [-0.05, 0) is 43.3 Å². The highest BCUT2D eigenvalue weighted by Crippen LogP contribution is 2.34. The molecule has 0 aliphatic rings. The van der Waals surface area contributed by atoms with E-state index in [4.69, 9.17) is 33.0 Å². The van der Waals surface area contributed by atoms with Gasteiger partial charge in [-0.1, -0.05) is 23.2 Å². The zero-order valence-electron chi connectivity index (χ0n) is 12.1. The summed E-state index contributed by atoms with van der Waals surface area (Å²) in [5, 5.41) is 12.0. The molecule has 2 aromatic carbocycles. The number of hydrogen-bond donors (Lipinski definition) is 2. The molecule has 0 aliphatic heterocycles. The van der Waals surface area contributed by atoms with Gasteiger partial charge >= 0.3 is 5.97 Å². The molecule has 0 saturated heterocycles. The Kier molecular flexibility index (Phi) is 5.47. The molecule has 0 aliphatic carbocycles. The molecule has 120 valence electrons. The highest BCUT2D eigenvalue weighted by Gasteiger charge is 2.14. The molecule has 2 rings (SSSR count). The predicted octanol–water partition coefficient (Wildman–Crippen LogP) is 4.34. The Morgan fingerprint density at radius 1 is 1.09 bits per heavy atom. The van der Waals surface area contributed by atoms with E-state index in [1.165, 1.54) is 36.4 Å². The molecule has 0 aromatic heterocycles. The number of carboxylic acid groups (broad SMARTS) is 1. The number of carbonyl (C=O) groups excluding carboxylic acids is 1. The fraction of sp³-hybridized carbons (Fsp3) is 0.125. The number of halogens is 2. The molecule has 0 fully saturated rings. The zero-order chi connectivity index (χ0) is 17.0. The Hall–Kier alpha value is -2.24. The van der Waals surface area contributed by atoms with Crippen molar-refractivity contribution in [1.82, 2.24) is 0 Å². The van der Waals surface area contributed by atoms with Crippen LogP contribution in [0.4, 0.5) is 5.69 Å². The topological polar surface area (TPSA) is 75.6 Å². The van der Waals surface area contributed by atoms with Gasteiger partial charge in [-0.15, -0.1) is 0 Å². The molecule has 0 saturated carbocycles. The van der Waals surface area contributed by atoms with Crippen LogP contribution in [0.2, 0.25) is 10.0 Å². The number of carbonyl (C=O) groups is 2. The van der Waals surface area contributed by atoms with Crippen molar-refractivity contribution in [1.29, 1.82) is 0 Å². The van der Waals surface area contributed by atoms with Gasteiger partial charge in [0.2, 0.25) is 0 Å². The lowest BCUT2D eigenvalue weighted by Gasteiger charge is -2.11. The van der Waals surface area contributed by atoms with Gasteiger partial charge in [-0.2, -0.15) is 0 Å². The molecule has 0 atom stereocenters. The summed E-state index contributed by atoms with van der Waals surface area (Å²) < 4.78 is 5.30. The van der Waals surface area contributed by atoms with E-state index in [9.17, 15) is 9.59 Å². The molecule has 1 amide bonds. The lowest BCUT2D eigenvalue weighted by atomic mass is 10.1. The van der Waals surface area contributed by atoms with E-state index in [0.29, 0.717) is 18.0 Å². The van der Waals surface area contributed by atoms with Crippen molar-refractivity contribution in [3.05, 3.63) is 57.6 Å². The van der Waals surface area contributed by atoms with Crippen molar-refractivity contribution in [2.45, 2.75) is 6.92 Å². The molecule has 0 unspecified atom stereocenters. The Balaban J connectivity index is 2.19. The van der Waals surface area contributed by atoms with Gasteiger partial charge in [-0.25, -0.2) is 4.79 Å². The van der Waals surface area contributed by atoms with Crippen LogP contribution in [0, 0.1) is 0 Å². The number of hydrogen-bond acceptors (Lipinski definition) is 3. The van der Waals surface area contributed by atoms with Gasteiger partial charge in [0.15, 0.2) is 5.75 Å². The molecule has 5 nitrogen and oxygen atoms in total. The number of rotatable bonds is 5. The van der Waals surface area contributed by atoms with Gasteiger partial charge < -0.3 is 15.2 Å². The first-order chi connectivity index (χ1) is 10.9. The van der Waals surface area contributed by atoms with Crippen LogP contribution in [0.5, 0.6) is 5.75 Å². The highest BCUT2D eigenvalue weighted by molar-refractivity contribution is 6.37. The van der Waals surface area contributed by atoms with Gasteiger partial charge in [0, 0.05) is 11.3 Å². The second-order valence-electron chi connectivity index (χ2n) is 4.54. The monoisotopic (exact) mass is 353 g/mol. The van der Waals surface area contributed by atoms with Crippen LogP contribution in [0.25, 0.3) is 0 Å². The molecule has 0 spiro atoms. The summed E-state index contributed by atoms with van der Waals surface area (Å²) >= 11 is 12.1. The van der Waals surface area contributed by atoms with E-state index < -0.39 is 11.9 Å². The molecule has 23 heavy (non-hydrogen) atoms. The number of aromatic carboxylic acids is 1. The first kappa shape index (κ1) is 17.1. The summed E-state index contributed by atoms with van der Waals surface area (Å²) in [6.45, 7) is 2.20. The van der Waals surface area contributed by atoms with Crippen molar-refractivity contribution in [2.24, 2.45) is 0 Å². The number of anilines is 1. The highest BCUT2D eigenvalue weighted by atomic mass is 35.5. The van der Waals surface area contributed by atoms with Crippen molar-refractivity contribution < 1.29 is 19.4 Å². The second kappa shape index (κ2) is 7.35. The molecule has 0 bridgehead atoms. The third-order valence-corrected chi connectivity index (χ3v) is 3.50. The average Bonchev–Trinajstić information content (AvgIpc) is 2.51.